The zero-order valence-electron chi connectivity index (χ0n) is 41.5. The highest BCUT2D eigenvalue weighted by atomic mass is 16.7. The van der Waals surface area contributed by atoms with Crippen molar-refractivity contribution in [2.45, 2.75) is 176 Å². The number of guanidine groups is 1. The number of allylic oxidation sites excluding steroid dienone is 1. The quantitative estimate of drug-likeness (QED) is 0.0145. The predicted octanol–water partition coefficient (Wildman–Crippen LogP) is 8.38. The lowest BCUT2D eigenvalue weighted by Crippen LogP contribution is -2.51. The number of amides is 3. The smallest absolute Gasteiger partial charge is 0.407 e. The fraction of sp³-hybridized carbons (Fsp3) is 0.860. The second-order valence-corrected chi connectivity index (χ2v) is 21.0. The molecular formula is C50H89N7O8. The second kappa shape index (κ2) is 26.2. The Bertz CT molecular complexity index is 1590. The Balaban J connectivity index is 1.03. The van der Waals surface area contributed by atoms with Crippen molar-refractivity contribution in [2.24, 2.45) is 62.8 Å². The molecule has 3 saturated carbocycles. The van der Waals surface area contributed by atoms with Crippen molar-refractivity contribution in [3.8, 4) is 0 Å². The minimum absolute atomic E-state index is 0.0359. The van der Waals surface area contributed by atoms with E-state index in [9.17, 15) is 14.4 Å². The number of hydrogen-bond donors (Lipinski definition) is 6. The zero-order valence-corrected chi connectivity index (χ0v) is 41.5. The van der Waals surface area contributed by atoms with Gasteiger partial charge in [0.05, 0.1) is 26.4 Å². The average Bonchev–Trinajstić information content (AvgIpc) is 3.60. The van der Waals surface area contributed by atoms with Crippen LogP contribution < -0.4 is 27.4 Å². The molecular weight excluding hydrogens is 827 g/mol. The van der Waals surface area contributed by atoms with Crippen LogP contribution in [-0.4, -0.2) is 100 Å². The van der Waals surface area contributed by atoms with Crippen LogP contribution in [0.1, 0.15) is 158 Å². The van der Waals surface area contributed by atoms with Crippen LogP contribution in [0.2, 0.25) is 0 Å². The number of unbranched alkanes of at least 4 members (excludes halogenated alkanes) is 2. The van der Waals surface area contributed by atoms with Gasteiger partial charge in [-0.05, 0) is 131 Å². The van der Waals surface area contributed by atoms with Crippen molar-refractivity contribution in [2.75, 3.05) is 52.7 Å². The molecule has 9 atom stereocenters. The first-order chi connectivity index (χ1) is 30.8. The topological polar surface area (TPSA) is 222 Å². The molecule has 4 aliphatic carbocycles. The molecule has 4 rings (SSSR count). The molecule has 0 bridgehead atoms. The SMILES string of the molecule is CC(=N)CCCCCC(N=C(N)N)C(=O)NCCOCCOC(=O)NCCOC(C)(C)OCCNC(=O)OC1CCC2(C)C(=CCC3C2CCC2(C)C(C(C)CCCC(C)C)CCC32)C1. The van der Waals surface area contributed by atoms with Crippen molar-refractivity contribution in [3.05, 3.63) is 11.6 Å². The van der Waals surface area contributed by atoms with E-state index in [1.807, 2.05) is 0 Å². The molecule has 9 unspecified atom stereocenters. The van der Waals surface area contributed by atoms with Gasteiger partial charge >= 0.3 is 12.2 Å². The van der Waals surface area contributed by atoms with Crippen LogP contribution >= 0.6 is 0 Å². The third-order valence-electron chi connectivity index (χ3n) is 15.3. The van der Waals surface area contributed by atoms with Gasteiger partial charge in [0.15, 0.2) is 11.7 Å². The van der Waals surface area contributed by atoms with Crippen molar-refractivity contribution >= 4 is 29.8 Å². The Morgan fingerprint density at radius 3 is 2.23 bits per heavy atom. The third-order valence-corrected chi connectivity index (χ3v) is 15.3. The molecule has 0 radical (unpaired) electrons. The normalized spacial score (nSPS) is 27.0. The van der Waals surface area contributed by atoms with E-state index >= 15 is 0 Å². The highest BCUT2D eigenvalue weighted by Crippen LogP contribution is 2.67. The van der Waals surface area contributed by atoms with Gasteiger partial charge < -0.3 is 56.5 Å². The number of nitrogens with two attached hydrogens (primary N) is 2. The van der Waals surface area contributed by atoms with Gasteiger partial charge in [0.1, 0.15) is 18.8 Å². The number of aliphatic imine (C=N–C) groups is 1. The molecule has 0 aromatic carbocycles. The molecule has 4 aliphatic rings. The molecule has 65 heavy (non-hydrogen) atoms. The molecule has 3 amide bonds. The van der Waals surface area contributed by atoms with Gasteiger partial charge in [0.25, 0.3) is 0 Å². The molecule has 0 aromatic rings. The van der Waals surface area contributed by atoms with Gasteiger partial charge in [-0.15, -0.1) is 0 Å². The zero-order chi connectivity index (χ0) is 47.6. The third kappa shape index (κ3) is 17.0. The number of rotatable bonds is 28. The number of hydrogen-bond acceptors (Lipinski definition) is 10. The maximum absolute atomic E-state index is 12.9. The van der Waals surface area contributed by atoms with E-state index in [-0.39, 0.29) is 76.1 Å². The van der Waals surface area contributed by atoms with Gasteiger partial charge in [0, 0.05) is 31.8 Å². The van der Waals surface area contributed by atoms with Gasteiger partial charge in [-0.1, -0.05) is 78.4 Å². The molecule has 0 heterocycles. The Kier molecular flexibility index (Phi) is 21.8. The molecule has 0 saturated heterocycles. The lowest BCUT2D eigenvalue weighted by molar-refractivity contribution is -0.211. The molecule has 15 heteroatoms. The second-order valence-electron chi connectivity index (χ2n) is 21.0. The van der Waals surface area contributed by atoms with Crippen LogP contribution in [0.3, 0.4) is 0 Å². The summed E-state index contributed by atoms with van der Waals surface area (Å²) in [7, 11) is 0. The van der Waals surface area contributed by atoms with Crippen molar-refractivity contribution in [1.29, 1.82) is 5.41 Å². The van der Waals surface area contributed by atoms with Gasteiger partial charge in [-0.3, -0.25) is 4.79 Å². The summed E-state index contributed by atoms with van der Waals surface area (Å²) in [6.45, 7) is 19.3. The Morgan fingerprint density at radius 2 is 1.54 bits per heavy atom. The van der Waals surface area contributed by atoms with Crippen LogP contribution in [0.25, 0.3) is 0 Å². The van der Waals surface area contributed by atoms with Crippen molar-refractivity contribution in [1.82, 2.24) is 16.0 Å². The maximum Gasteiger partial charge on any atom is 0.407 e. The minimum Gasteiger partial charge on any atom is -0.447 e. The van der Waals surface area contributed by atoms with Crippen LogP contribution in [0.15, 0.2) is 16.6 Å². The lowest BCUT2D eigenvalue weighted by Gasteiger charge is -2.58. The van der Waals surface area contributed by atoms with E-state index in [1.165, 1.54) is 56.9 Å². The van der Waals surface area contributed by atoms with E-state index < -0.39 is 24.0 Å². The summed E-state index contributed by atoms with van der Waals surface area (Å²) in [4.78, 5) is 41.6. The van der Waals surface area contributed by atoms with Crippen molar-refractivity contribution < 1.29 is 38.1 Å². The predicted molar refractivity (Wildman–Crippen MR) is 257 cm³/mol. The van der Waals surface area contributed by atoms with E-state index in [2.05, 4.69) is 61.6 Å². The van der Waals surface area contributed by atoms with Crippen molar-refractivity contribution in [3.63, 3.8) is 0 Å². The molecule has 0 spiro atoms. The fourth-order valence-corrected chi connectivity index (χ4v) is 11.9. The van der Waals surface area contributed by atoms with E-state index in [0.29, 0.717) is 17.5 Å². The van der Waals surface area contributed by atoms with E-state index in [1.54, 1.807) is 20.8 Å². The monoisotopic (exact) mass is 916 g/mol. The first-order valence-electron chi connectivity index (χ1n) is 25.1. The summed E-state index contributed by atoms with van der Waals surface area (Å²) in [6.07, 6.45) is 18.8. The highest BCUT2D eigenvalue weighted by Gasteiger charge is 2.59. The number of carbonyl (C=O) groups is 3. The standard InChI is InChI=1S/C50H89N7O8/c1-34(2)13-12-14-35(3)40-19-20-41-39-18-17-37-33-38(21-23-49(37,7)42(39)22-24-50(40,41)8)65-47(60)56-27-30-64-48(5,6)63-29-26-55-46(59)62-32-31-61-28-25-54-44(58)43(57-45(52)53)16-11-9-10-15-36(4)51/h17,34-35,38-43,51H,9-16,18-33H2,1-8H3,(H,54,58)(H,55,59)(H,56,60)(H4,52,53,57). The number of nitrogens with one attached hydrogen (secondary N) is 4. The average molecular weight is 916 g/mol. The van der Waals surface area contributed by atoms with Gasteiger partial charge in [-0.25, -0.2) is 14.6 Å². The largest absolute Gasteiger partial charge is 0.447 e. The Morgan fingerprint density at radius 1 is 0.831 bits per heavy atom. The number of fused-ring (bicyclic) bond motifs is 5. The maximum atomic E-state index is 12.9. The number of alkyl carbamates (subject to hydrolysis) is 2. The fourth-order valence-electron chi connectivity index (χ4n) is 11.9. The number of carbonyl (C=O) groups excluding carboxylic acids is 3. The first kappa shape index (κ1) is 54.2. The lowest BCUT2D eigenvalue weighted by atomic mass is 9.47. The van der Waals surface area contributed by atoms with Crippen LogP contribution in [-0.2, 0) is 28.5 Å². The molecule has 0 aliphatic heterocycles. The van der Waals surface area contributed by atoms with E-state index in [4.69, 9.17) is 40.6 Å². The summed E-state index contributed by atoms with van der Waals surface area (Å²) >= 11 is 0. The number of nitrogens with zero attached hydrogens (tertiary/aromatic N) is 1. The summed E-state index contributed by atoms with van der Waals surface area (Å²) < 4.78 is 28.3. The highest BCUT2D eigenvalue weighted by molar-refractivity contribution is 5.86. The van der Waals surface area contributed by atoms with Gasteiger partial charge in [-0.2, -0.15) is 0 Å². The Labute approximate surface area is 391 Å². The first-order valence-corrected chi connectivity index (χ1v) is 25.1. The van der Waals surface area contributed by atoms with Gasteiger partial charge in [0.2, 0.25) is 5.91 Å². The summed E-state index contributed by atoms with van der Waals surface area (Å²) in [5.41, 5.74) is 13.9. The summed E-state index contributed by atoms with van der Waals surface area (Å²) in [5.74, 6) is 3.46. The summed E-state index contributed by atoms with van der Waals surface area (Å²) in [5, 5.41) is 15.8. The molecule has 15 nitrogen and oxygen atoms in total. The van der Waals surface area contributed by atoms with Crippen LogP contribution in [0, 0.1) is 51.7 Å². The summed E-state index contributed by atoms with van der Waals surface area (Å²) in [6, 6.07) is -0.679. The minimum atomic E-state index is -0.940. The molecule has 372 valence electrons. The molecule has 8 N–H and O–H groups in total. The number of ether oxygens (including phenoxy) is 5. The Hall–Kier alpha value is -3.43. The van der Waals surface area contributed by atoms with E-state index in [0.717, 1.165) is 80.5 Å². The molecule has 3 fully saturated rings. The van der Waals surface area contributed by atoms with Crippen LogP contribution in [0.4, 0.5) is 9.59 Å². The van der Waals surface area contributed by atoms with Crippen LogP contribution in [0.5, 0.6) is 0 Å². The molecule has 0 aromatic heterocycles.